The van der Waals surface area contributed by atoms with Crippen LogP contribution in [-0.4, -0.2) is 51.9 Å². The fourth-order valence-corrected chi connectivity index (χ4v) is 1.88. The first-order chi connectivity index (χ1) is 8.99. The molecule has 19 heavy (non-hydrogen) atoms. The molecule has 106 valence electrons. The number of hydrogen-bond donors (Lipinski definition) is 3. The van der Waals surface area contributed by atoms with Crippen molar-refractivity contribution in [3.05, 3.63) is 27.0 Å². The minimum absolute atomic E-state index is 0.197. The second-order valence-corrected chi connectivity index (χ2v) is 4.05. The van der Waals surface area contributed by atoms with Gasteiger partial charge in [-0.1, -0.05) is 0 Å². The molecule has 0 saturated carbocycles. The average molecular weight is 276 g/mol. The Hall–Kier alpha value is -1.71. The van der Waals surface area contributed by atoms with Crippen molar-refractivity contribution < 1.29 is 24.1 Å². The molecule has 0 radical (unpaired) electrons. The zero-order chi connectivity index (χ0) is 14.2. The maximum absolute atomic E-state index is 13.8. The van der Waals surface area contributed by atoms with Crippen molar-refractivity contribution in [1.82, 2.24) is 9.55 Å². The van der Waals surface area contributed by atoms with Crippen LogP contribution < -0.4 is 16.0 Å². The van der Waals surface area contributed by atoms with E-state index in [2.05, 4.69) is 0 Å². The lowest BCUT2D eigenvalue weighted by atomic mass is 10.1. The number of nitrogens with one attached hydrogen (secondary N) is 1. The van der Waals surface area contributed by atoms with Crippen LogP contribution in [0.3, 0.4) is 0 Å². The van der Waals surface area contributed by atoms with E-state index in [1.807, 2.05) is 4.98 Å². The molecule has 9 heteroatoms. The Bertz CT molecular complexity index is 570. The van der Waals surface area contributed by atoms with Crippen LogP contribution in [0.15, 0.2) is 15.8 Å². The highest BCUT2D eigenvalue weighted by Crippen LogP contribution is 2.30. The first-order valence-corrected chi connectivity index (χ1v) is 5.47. The fourth-order valence-electron chi connectivity index (χ4n) is 1.88. The van der Waals surface area contributed by atoms with Crippen molar-refractivity contribution in [2.24, 2.45) is 0 Å². The zero-order valence-electron chi connectivity index (χ0n) is 9.95. The van der Waals surface area contributed by atoms with Crippen LogP contribution in [0.5, 0.6) is 5.75 Å². The standard InChI is InChI=1S/C10H13FN2O6/c1-18-4-2-13(10(17)12-8(4)16)9-6(11)7(15)5(3-14)19-9/h2,5-7,9,14-15H,3H2,1H3,(H,12,16,17)/t5-,6-,7?,9-/m1/s1. The SMILES string of the molecule is COc1cn([C@@H]2O[C@H](CO)C(O)[C@H]2F)c(=O)[nH]c1=O. The normalized spacial score (nSPS) is 30.5. The molecule has 2 rings (SSSR count). The van der Waals surface area contributed by atoms with Crippen molar-refractivity contribution >= 4 is 0 Å². The summed E-state index contributed by atoms with van der Waals surface area (Å²) in [5.41, 5.74) is -1.65. The first kappa shape index (κ1) is 13.7. The van der Waals surface area contributed by atoms with E-state index in [4.69, 9.17) is 14.6 Å². The molecule has 0 aromatic carbocycles. The maximum atomic E-state index is 13.8. The molecule has 1 fully saturated rings. The smallest absolute Gasteiger partial charge is 0.330 e. The van der Waals surface area contributed by atoms with E-state index in [1.54, 1.807) is 0 Å². The number of rotatable bonds is 3. The molecule has 8 nitrogen and oxygen atoms in total. The molecule has 0 amide bonds. The Morgan fingerprint density at radius 1 is 1.58 bits per heavy atom. The average Bonchev–Trinajstić information content (AvgIpc) is 2.67. The molecule has 4 atom stereocenters. The third-order valence-corrected chi connectivity index (χ3v) is 2.90. The third-order valence-electron chi connectivity index (χ3n) is 2.90. The van der Waals surface area contributed by atoms with Crippen molar-refractivity contribution in [3.8, 4) is 5.75 Å². The topological polar surface area (TPSA) is 114 Å². The van der Waals surface area contributed by atoms with Gasteiger partial charge in [0, 0.05) is 0 Å². The number of aromatic nitrogens is 2. The van der Waals surface area contributed by atoms with Crippen LogP contribution in [0.25, 0.3) is 0 Å². The molecule has 1 aromatic heterocycles. The van der Waals surface area contributed by atoms with Crippen LogP contribution in [0.4, 0.5) is 4.39 Å². The molecule has 1 aliphatic heterocycles. The summed E-state index contributed by atoms with van der Waals surface area (Å²) >= 11 is 0. The van der Waals surface area contributed by atoms with Gasteiger partial charge in [-0.3, -0.25) is 14.3 Å². The summed E-state index contributed by atoms with van der Waals surface area (Å²) in [4.78, 5) is 24.8. The second kappa shape index (κ2) is 5.11. The first-order valence-electron chi connectivity index (χ1n) is 5.47. The number of methoxy groups -OCH3 is 1. The van der Waals surface area contributed by atoms with Gasteiger partial charge < -0.3 is 19.7 Å². The van der Waals surface area contributed by atoms with E-state index in [9.17, 15) is 19.1 Å². The predicted octanol–water partition coefficient (Wildman–Crippen LogP) is -1.87. The largest absolute Gasteiger partial charge is 0.490 e. The zero-order valence-corrected chi connectivity index (χ0v) is 9.95. The third kappa shape index (κ3) is 2.27. The summed E-state index contributed by atoms with van der Waals surface area (Å²) in [5, 5.41) is 18.4. The van der Waals surface area contributed by atoms with Gasteiger partial charge in [0.25, 0.3) is 5.56 Å². The van der Waals surface area contributed by atoms with Crippen LogP contribution in [0, 0.1) is 0 Å². The maximum Gasteiger partial charge on any atom is 0.330 e. The summed E-state index contributed by atoms with van der Waals surface area (Å²) in [6.45, 7) is -0.590. The highest BCUT2D eigenvalue weighted by atomic mass is 19.1. The fraction of sp³-hybridized carbons (Fsp3) is 0.600. The quantitative estimate of drug-likeness (QED) is 0.596. The Morgan fingerprint density at radius 3 is 2.79 bits per heavy atom. The molecule has 1 aliphatic rings. The van der Waals surface area contributed by atoms with Crippen molar-refractivity contribution in [1.29, 1.82) is 0 Å². The molecule has 0 spiro atoms. The van der Waals surface area contributed by atoms with Gasteiger partial charge in [0.05, 0.1) is 19.9 Å². The number of hydrogen-bond acceptors (Lipinski definition) is 6. The molecular weight excluding hydrogens is 263 g/mol. The van der Waals surface area contributed by atoms with Gasteiger partial charge in [-0.15, -0.1) is 0 Å². The van der Waals surface area contributed by atoms with Crippen LogP contribution in [0.2, 0.25) is 0 Å². The molecule has 1 unspecified atom stereocenters. The second-order valence-electron chi connectivity index (χ2n) is 4.05. The van der Waals surface area contributed by atoms with E-state index in [1.165, 1.54) is 7.11 Å². The predicted molar refractivity (Wildman–Crippen MR) is 59.8 cm³/mol. The van der Waals surface area contributed by atoms with E-state index >= 15 is 0 Å². The lowest BCUT2D eigenvalue weighted by Crippen LogP contribution is -2.36. The van der Waals surface area contributed by atoms with E-state index in [0.717, 1.165) is 10.8 Å². The highest BCUT2D eigenvalue weighted by molar-refractivity contribution is 5.12. The van der Waals surface area contributed by atoms with Crippen LogP contribution in [0.1, 0.15) is 6.23 Å². The number of halogens is 1. The molecule has 1 aromatic rings. The lowest BCUT2D eigenvalue weighted by molar-refractivity contribution is -0.0493. The monoisotopic (exact) mass is 276 g/mol. The Morgan fingerprint density at radius 2 is 2.26 bits per heavy atom. The summed E-state index contributed by atoms with van der Waals surface area (Å²) in [7, 11) is 1.22. The van der Waals surface area contributed by atoms with E-state index in [-0.39, 0.29) is 5.75 Å². The Kier molecular flexibility index (Phi) is 3.69. The van der Waals surface area contributed by atoms with Gasteiger partial charge in [-0.05, 0) is 0 Å². The molecule has 2 heterocycles. The summed E-state index contributed by atoms with van der Waals surface area (Å²) in [5.74, 6) is -0.197. The number of aliphatic hydroxyl groups is 2. The summed E-state index contributed by atoms with van der Waals surface area (Å²) in [6.07, 6.45) is -5.05. The Balaban J connectivity index is 2.43. The highest BCUT2D eigenvalue weighted by Gasteiger charge is 2.45. The van der Waals surface area contributed by atoms with Gasteiger partial charge in [0.15, 0.2) is 12.4 Å². The van der Waals surface area contributed by atoms with Gasteiger partial charge in [-0.2, -0.15) is 0 Å². The van der Waals surface area contributed by atoms with Gasteiger partial charge in [-0.25, -0.2) is 9.18 Å². The van der Waals surface area contributed by atoms with Gasteiger partial charge in [0.2, 0.25) is 5.75 Å². The summed E-state index contributed by atoms with van der Waals surface area (Å²) in [6, 6.07) is 0. The number of H-pyrrole nitrogens is 1. The number of aliphatic hydroxyl groups excluding tert-OH is 2. The van der Waals surface area contributed by atoms with Gasteiger partial charge in [0.1, 0.15) is 12.2 Å². The lowest BCUT2D eigenvalue weighted by Gasteiger charge is -2.16. The molecule has 1 saturated heterocycles. The van der Waals surface area contributed by atoms with Crippen molar-refractivity contribution in [3.63, 3.8) is 0 Å². The molecule has 0 bridgehead atoms. The van der Waals surface area contributed by atoms with Crippen molar-refractivity contribution in [2.75, 3.05) is 13.7 Å². The van der Waals surface area contributed by atoms with E-state index < -0.39 is 42.5 Å². The minimum Gasteiger partial charge on any atom is -0.490 e. The van der Waals surface area contributed by atoms with E-state index in [0.29, 0.717) is 0 Å². The van der Waals surface area contributed by atoms with Crippen LogP contribution >= 0.6 is 0 Å². The summed E-state index contributed by atoms with van der Waals surface area (Å²) < 4.78 is 24.4. The number of aromatic amines is 1. The molecule has 3 N–H and O–H groups in total. The van der Waals surface area contributed by atoms with Crippen LogP contribution in [-0.2, 0) is 4.74 Å². The molecule has 0 aliphatic carbocycles. The number of alkyl halides is 1. The minimum atomic E-state index is -1.91. The van der Waals surface area contributed by atoms with Crippen molar-refractivity contribution in [2.45, 2.75) is 24.6 Å². The van der Waals surface area contributed by atoms with Gasteiger partial charge >= 0.3 is 5.69 Å². The Labute approximate surface area is 106 Å². The number of nitrogens with zero attached hydrogens (tertiary/aromatic N) is 1. The number of ether oxygens (including phenoxy) is 2. The molecular formula is C10H13FN2O6.